The Balaban J connectivity index is 3.51. The standard InChI is InChI=1S/C8H15F3O/c1-8(2,12)6(9)4-3-5-7(10)11/h6-7,12H,3-5H2,1-2H3. The molecule has 0 aliphatic rings. The van der Waals surface area contributed by atoms with Crippen molar-refractivity contribution in [3.63, 3.8) is 0 Å². The van der Waals surface area contributed by atoms with Gasteiger partial charge in [0.15, 0.2) is 0 Å². The van der Waals surface area contributed by atoms with E-state index in [1.165, 1.54) is 13.8 Å². The Morgan fingerprint density at radius 1 is 1.17 bits per heavy atom. The van der Waals surface area contributed by atoms with Gasteiger partial charge in [-0.05, 0) is 26.7 Å². The topological polar surface area (TPSA) is 20.2 Å². The summed E-state index contributed by atoms with van der Waals surface area (Å²) in [6.07, 6.45) is -3.98. The first-order chi connectivity index (χ1) is 5.34. The predicted octanol–water partition coefficient (Wildman–Crippen LogP) is 2.53. The minimum atomic E-state index is -2.38. The third-order valence-corrected chi connectivity index (χ3v) is 1.65. The molecular formula is C8H15F3O. The normalized spacial score (nSPS) is 15.2. The predicted molar refractivity (Wildman–Crippen MR) is 41.0 cm³/mol. The summed E-state index contributed by atoms with van der Waals surface area (Å²) in [4.78, 5) is 0. The Morgan fingerprint density at radius 2 is 1.67 bits per heavy atom. The maximum Gasteiger partial charge on any atom is 0.238 e. The summed E-state index contributed by atoms with van der Waals surface area (Å²) in [5.74, 6) is 0. The van der Waals surface area contributed by atoms with Crippen molar-refractivity contribution in [3.8, 4) is 0 Å². The molecule has 74 valence electrons. The van der Waals surface area contributed by atoms with Crippen molar-refractivity contribution < 1.29 is 18.3 Å². The van der Waals surface area contributed by atoms with Crippen molar-refractivity contribution in [2.75, 3.05) is 0 Å². The summed E-state index contributed by atoms with van der Waals surface area (Å²) in [6.45, 7) is 2.67. The second kappa shape index (κ2) is 4.70. The molecule has 0 heterocycles. The van der Waals surface area contributed by atoms with Gasteiger partial charge in [-0.1, -0.05) is 0 Å². The maximum atomic E-state index is 12.9. The van der Waals surface area contributed by atoms with Crippen molar-refractivity contribution in [3.05, 3.63) is 0 Å². The minimum absolute atomic E-state index is 0.00611. The summed E-state index contributed by atoms with van der Waals surface area (Å²) in [6, 6.07) is 0. The molecule has 4 heteroatoms. The van der Waals surface area contributed by atoms with Gasteiger partial charge in [0, 0.05) is 6.42 Å². The SMILES string of the molecule is CC(C)(O)C(F)CCCC(F)F. The monoisotopic (exact) mass is 184 g/mol. The number of hydrogen-bond acceptors (Lipinski definition) is 1. The van der Waals surface area contributed by atoms with Crippen LogP contribution in [-0.2, 0) is 0 Å². The van der Waals surface area contributed by atoms with E-state index in [1.807, 2.05) is 0 Å². The quantitative estimate of drug-likeness (QED) is 0.696. The molecule has 1 nitrogen and oxygen atoms in total. The minimum Gasteiger partial charge on any atom is -0.387 e. The van der Waals surface area contributed by atoms with Gasteiger partial charge in [-0.2, -0.15) is 0 Å². The van der Waals surface area contributed by atoms with Crippen LogP contribution in [0.5, 0.6) is 0 Å². The van der Waals surface area contributed by atoms with E-state index >= 15 is 0 Å². The highest BCUT2D eigenvalue weighted by molar-refractivity contribution is 4.76. The average molecular weight is 184 g/mol. The van der Waals surface area contributed by atoms with Crippen molar-refractivity contribution in [2.45, 2.75) is 51.3 Å². The molecule has 1 unspecified atom stereocenters. The molecule has 0 bridgehead atoms. The molecule has 0 fully saturated rings. The molecule has 1 N–H and O–H groups in total. The average Bonchev–Trinajstić information content (AvgIpc) is 1.84. The van der Waals surface area contributed by atoms with Gasteiger partial charge in [-0.25, -0.2) is 13.2 Å². The molecule has 0 radical (unpaired) electrons. The summed E-state index contributed by atoms with van der Waals surface area (Å²) < 4.78 is 36.1. The number of halogens is 3. The molecular weight excluding hydrogens is 169 g/mol. The van der Waals surface area contributed by atoms with Crippen LogP contribution in [0, 0.1) is 0 Å². The van der Waals surface area contributed by atoms with Gasteiger partial charge in [0.05, 0.1) is 5.60 Å². The van der Waals surface area contributed by atoms with Crippen LogP contribution in [0.3, 0.4) is 0 Å². The van der Waals surface area contributed by atoms with E-state index in [-0.39, 0.29) is 19.3 Å². The van der Waals surface area contributed by atoms with E-state index in [1.54, 1.807) is 0 Å². The molecule has 0 aliphatic carbocycles. The Hall–Kier alpha value is -0.250. The zero-order valence-electron chi connectivity index (χ0n) is 7.36. The van der Waals surface area contributed by atoms with Gasteiger partial charge in [-0.15, -0.1) is 0 Å². The van der Waals surface area contributed by atoms with Crippen LogP contribution in [0.25, 0.3) is 0 Å². The molecule has 0 rings (SSSR count). The van der Waals surface area contributed by atoms with E-state index in [4.69, 9.17) is 5.11 Å². The summed E-state index contributed by atoms with van der Waals surface area (Å²) in [7, 11) is 0. The van der Waals surface area contributed by atoms with Crippen LogP contribution in [0.4, 0.5) is 13.2 Å². The van der Waals surface area contributed by atoms with Gasteiger partial charge in [-0.3, -0.25) is 0 Å². The zero-order valence-corrected chi connectivity index (χ0v) is 7.36. The molecule has 12 heavy (non-hydrogen) atoms. The summed E-state index contributed by atoms with van der Waals surface area (Å²) in [5.41, 5.74) is -1.41. The van der Waals surface area contributed by atoms with E-state index in [2.05, 4.69) is 0 Å². The molecule has 0 saturated carbocycles. The number of aliphatic hydroxyl groups is 1. The van der Waals surface area contributed by atoms with Crippen molar-refractivity contribution in [1.82, 2.24) is 0 Å². The lowest BCUT2D eigenvalue weighted by Crippen LogP contribution is -2.32. The highest BCUT2D eigenvalue weighted by atomic mass is 19.3. The van der Waals surface area contributed by atoms with Crippen LogP contribution in [0.2, 0.25) is 0 Å². The molecule has 0 aromatic rings. The second-order valence-electron chi connectivity index (χ2n) is 3.44. The van der Waals surface area contributed by atoms with Crippen LogP contribution in [0.1, 0.15) is 33.1 Å². The molecule has 0 amide bonds. The maximum absolute atomic E-state index is 12.9. The summed E-state index contributed by atoms with van der Waals surface area (Å²) in [5, 5.41) is 9.09. The van der Waals surface area contributed by atoms with E-state index < -0.39 is 18.2 Å². The van der Waals surface area contributed by atoms with Crippen molar-refractivity contribution >= 4 is 0 Å². The van der Waals surface area contributed by atoms with Gasteiger partial charge in [0.25, 0.3) is 0 Å². The number of alkyl halides is 3. The van der Waals surface area contributed by atoms with E-state index in [0.29, 0.717) is 0 Å². The molecule has 0 spiro atoms. The molecule has 0 aromatic carbocycles. The lowest BCUT2D eigenvalue weighted by molar-refractivity contribution is -0.00946. The van der Waals surface area contributed by atoms with Crippen molar-refractivity contribution in [2.24, 2.45) is 0 Å². The fourth-order valence-electron chi connectivity index (χ4n) is 0.805. The first-order valence-electron chi connectivity index (χ1n) is 3.98. The Bertz CT molecular complexity index is 120. The lowest BCUT2D eigenvalue weighted by Gasteiger charge is -2.21. The van der Waals surface area contributed by atoms with Crippen LogP contribution in [-0.4, -0.2) is 23.3 Å². The number of rotatable bonds is 5. The fourth-order valence-corrected chi connectivity index (χ4v) is 0.805. The molecule has 0 aliphatic heterocycles. The van der Waals surface area contributed by atoms with Gasteiger partial charge < -0.3 is 5.11 Å². The largest absolute Gasteiger partial charge is 0.387 e. The molecule has 1 atom stereocenters. The fraction of sp³-hybridized carbons (Fsp3) is 1.00. The van der Waals surface area contributed by atoms with Crippen LogP contribution >= 0.6 is 0 Å². The van der Waals surface area contributed by atoms with Gasteiger partial charge in [0.1, 0.15) is 6.17 Å². The lowest BCUT2D eigenvalue weighted by atomic mass is 9.98. The zero-order chi connectivity index (χ0) is 9.78. The third kappa shape index (κ3) is 5.41. The Kier molecular flexibility index (Phi) is 4.60. The Morgan fingerprint density at radius 3 is 2.00 bits per heavy atom. The first kappa shape index (κ1) is 11.8. The van der Waals surface area contributed by atoms with Crippen LogP contribution < -0.4 is 0 Å². The smallest absolute Gasteiger partial charge is 0.238 e. The molecule has 0 saturated heterocycles. The van der Waals surface area contributed by atoms with Gasteiger partial charge >= 0.3 is 0 Å². The van der Waals surface area contributed by atoms with E-state index in [9.17, 15) is 13.2 Å². The highest BCUT2D eigenvalue weighted by Crippen LogP contribution is 2.19. The second-order valence-corrected chi connectivity index (χ2v) is 3.44. The van der Waals surface area contributed by atoms with E-state index in [0.717, 1.165) is 0 Å². The van der Waals surface area contributed by atoms with Gasteiger partial charge in [0.2, 0.25) is 6.43 Å². The molecule has 0 aromatic heterocycles. The number of hydrogen-bond donors (Lipinski definition) is 1. The Labute approximate surface area is 70.6 Å². The third-order valence-electron chi connectivity index (χ3n) is 1.65. The first-order valence-corrected chi connectivity index (χ1v) is 3.98. The van der Waals surface area contributed by atoms with Crippen molar-refractivity contribution in [1.29, 1.82) is 0 Å². The summed E-state index contributed by atoms with van der Waals surface area (Å²) >= 11 is 0. The van der Waals surface area contributed by atoms with Crippen LogP contribution in [0.15, 0.2) is 0 Å². The highest BCUT2D eigenvalue weighted by Gasteiger charge is 2.25.